The largest absolute Gasteiger partial charge is 0.481 e. The molecule has 0 spiro atoms. The van der Waals surface area contributed by atoms with Gasteiger partial charge in [-0.05, 0) is 25.7 Å². The van der Waals surface area contributed by atoms with Crippen molar-refractivity contribution < 1.29 is 14.7 Å². The monoisotopic (exact) mass is 281 g/mol. The second kappa shape index (κ2) is 6.88. The van der Waals surface area contributed by atoms with E-state index in [4.69, 9.17) is 5.11 Å². The zero-order valence-corrected chi connectivity index (χ0v) is 11.1. The Hall–Kier alpha value is -2.12. The van der Waals surface area contributed by atoms with Crippen LogP contribution in [-0.4, -0.2) is 44.9 Å². The van der Waals surface area contributed by atoms with Crippen LogP contribution in [0.4, 0.5) is 4.79 Å². The second-order valence-electron chi connectivity index (χ2n) is 4.98. The van der Waals surface area contributed by atoms with Gasteiger partial charge in [-0.3, -0.25) is 9.89 Å². The summed E-state index contributed by atoms with van der Waals surface area (Å²) in [5.74, 6) is -0.305. The first-order chi connectivity index (χ1) is 9.65. The van der Waals surface area contributed by atoms with Gasteiger partial charge in [0.15, 0.2) is 0 Å². The smallest absolute Gasteiger partial charge is 0.315 e. The van der Waals surface area contributed by atoms with Crippen molar-refractivity contribution in [1.82, 2.24) is 25.8 Å². The van der Waals surface area contributed by atoms with Gasteiger partial charge in [-0.2, -0.15) is 5.10 Å². The highest BCUT2D eigenvalue weighted by Crippen LogP contribution is 2.25. The van der Waals surface area contributed by atoms with Crippen LogP contribution in [0.1, 0.15) is 31.5 Å². The molecular formula is C12H19N5O3. The number of rotatable bonds is 6. The van der Waals surface area contributed by atoms with Crippen LogP contribution < -0.4 is 10.6 Å². The predicted molar refractivity (Wildman–Crippen MR) is 70.0 cm³/mol. The fraction of sp³-hybridized carbons (Fsp3) is 0.667. The van der Waals surface area contributed by atoms with E-state index in [0.717, 1.165) is 25.1 Å². The lowest BCUT2D eigenvalue weighted by Crippen LogP contribution is -2.41. The van der Waals surface area contributed by atoms with Crippen LogP contribution in [0.3, 0.4) is 0 Å². The lowest BCUT2D eigenvalue weighted by Gasteiger charge is -2.13. The molecule has 0 unspecified atom stereocenters. The predicted octanol–water partition coefficient (Wildman–Crippen LogP) is 0.290. The number of hydrogen-bond donors (Lipinski definition) is 4. The molecule has 4 N–H and O–H groups in total. The highest BCUT2D eigenvalue weighted by Gasteiger charge is 2.30. The number of aryl methyl sites for hydroxylation is 1. The van der Waals surface area contributed by atoms with Gasteiger partial charge in [0.05, 0.1) is 5.92 Å². The number of carboxylic acid groups (broad SMARTS) is 1. The van der Waals surface area contributed by atoms with E-state index in [9.17, 15) is 9.59 Å². The minimum atomic E-state index is -0.776. The molecule has 2 amide bonds. The van der Waals surface area contributed by atoms with Crippen LogP contribution in [-0.2, 0) is 11.2 Å². The van der Waals surface area contributed by atoms with Crippen molar-refractivity contribution in [2.24, 2.45) is 5.92 Å². The van der Waals surface area contributed by atoms with E-state index in [1.54, 1.807) is 0 Å². The quantitative estimate of drug-likeness (QED) is 0.559. The summed E-state index contributed by atoms with van der Waals surface area (Å²) in [5, 5.41) is 20.9. The molecule has 8 heteroatoms. The van der Waals surface area contributed by atoms with E-state index in [-0.39, 0.29) is 18.0 Å². The normalized spacial score (nSPS) is 21.6. The summed E-state index contributed by atoms with van der Waals surface area (Å²) in [7, 11) is 0. The number of urea groups is 1. The molecule has 1 aliphatic carbocycles. The number of aliphatic carboxylic acids is 1. The Bertz CT molecular complexity index is 448. The molecule has 1 saturated carbocycles. The zero-order chi connectivity index (χ0) is 14.4. The molecule has 0 aliphatic heterocycles. The van der Waals surface area contributed by atoms with Gasteiger partial charge >= 0.3 is 12.0 Å². The lowest BCUT2D eigenvalue weighted by atomic mass is 10.1. The van der Waals surface area contributed by atoms with Gasteiger partial charge in [0.2, 0.25) is 0 Å². The molecule has 0 saturated heterocycles. The number of aromatic nitrogens is 3. The van der Waals surface area contributed by atoms with E-state index >= 15 is 0 Å². The molecule has 8 nitrogen and oxygen atoms in total. The van der Waals surface area contributed by atoms with E-state index in [1.165, 1.54) is 6.33 Å². The zero-order valence-electron chi connectivity index (χ0n) is 11.1. The molecule has 0 radical (unpaired) electrons. The Balaban J connectivity index is 1.58. The maximum absolute atomic E-state index is 11.6. The van der Waals surface area contributed by atoms with Crippen LogP contribution >= 0.6 is 0 Å². The van der Waals surface area contributed by atoms with Gasteiger partial charge in [-0.25, -0.2) is 9.78 Å². The Morgan fingerprint density at radius 3 is 2.95 bits per heavy atom. The summed E-state index contributed by atoms with van der Waals surface area (Å²) in [4.78, 5) is 26.4. The molecule has 20 heavy (non-hydrogen) atoms. The van der Waals surface area contributed by atoms with Crippen molar-refractivity contribution >= 4 is 12.0 Å². The first kappa shape index (κ1) is 14.3. The van der Waals surface area contributed by atoms with Gasteiger partial charge in [0, 0.05) is 19.0 Å². The van der Waals surface area contributed by atoms with Gasteiger partial charge in [-0.1, -0.05) is 0 Å². The van der Waals surface area contributed by atoms with E-state index in [0.29, 0.717) is 19.4 Å². The minimum absolute atomic E-state index is 0.0367. The van der Waals surface area contributed by atoms with E-state index in [1.807, 2.05) is 0 Å². The third kappa shape index (κ3) is 4.22. The standard InChI is InChI=1S/C12H19N5O3/c18-11(19)8-3-4-9(6-8)16-12(20)13-5-1-2-10-14-7-15-17-10/h7-9H,1-6H2,(H,18,19)(H2,13,16,20)(H,14,15,17)/t8-,9+/m1/s1. The van der Waals surface area contributed by atoms with Gasteiger partial charge in [0.25, 0.3) is 0 Å². The average molecular weight is 281 g/mol. The van der Waals surface area contributed by atoms with Crippen molar-refractivity contribution in [3.8, 4) is 0 Å². The lowest BCUT2D eigenvalue weighted by molar-refractivity contribution is -0.141. The van der Waals surface area contributed by atoms with Crippen LogP contribution in [0.25, 0.3) is 0 Å². The first-order valence-electron chi connectivity index (χ1n) is 6.76. The number of aromatic amines is 1. The fourth-order valence-corrected chi connectivity index (χ4v) is 2.38. The molecule has 0 bridgehead atoms. The number of carboxylic acids is 1. The minimum Gasteiger partial charge on any atom is -0.481 e. The molecular weight excluding hydrogens is 262 g/mol. The molecule has 1 aromatic heterocycles. The number of amides is 2. The summed E-state index contributed by atoms with van der Waals surface area (Å²) in [6, 6.07) is -0.274. The van der Waals surface area contributed by atoms with Crippen molar-refractivity contribution in [3.63, 3.8) is 0 Å². The van der Waals surface area contributed by atoms with E-state index in [2.05, 4.69) is 25.8 Å². The maximum atomic E-state index is 11.6. The van der Waals surface area contributed by atoms with Gasteiger partial charge in [0.1, 0.15) is 12.2 Å². The van der Waals surface area contributed by atoms with Crippen LogP contribution in [0.5, 0.6) is 0 Å². The highest BCUT2D eigenvalue weighted by molar-refractivity contribution is 5.75. The third-order valence-electron chi connectivity index (χ3n) is 3.46. The van der Waals surface area contributed by atoms with Crippen LogP contribution in [0.15, 0.2) is 6.33 Å². The molecule has 1 aromatic rings. The molecule has 2 atom stereocenters. The number of nitrogens with one attached hydrogen (secondary N) is 3. The van der Waals surface area contributed by atoms with Crippen LogP contribution in [0.2, 0.25) is 0 Å². The van der Waals surface area contributed by atoms with Crippen molar-refractivity contribution in [2.45, 2.75) is 38.1 Å². The SMILES string of the molecule is O=C(NCCCc1ncn[nH]1)N[C@H]1CC[C@@H](C(=O)O)C1. The van der Waals surface area contributed by atoms with Crippen molar-refractivity contribution in [2.75, 3.05) is 6.54 Å². The second-order valence-corrected chi connectivity index (χ2v) is 4.98. The Morgan fingerprint density at radius 1 is 1.45 bits per heavy atom. The number of carbonyl (C=O) groups is 2. The number of carbonyl (C=O) groups excluding carboxylic acids is 1. The van der Waals surface area contributed by atoms with Gasteiger partial charge < -0.3 is 15.7 Å². The molecule has 1 fully saturated rings. The maximum Gasteiger partial charge on any atom is 0.315 e. The molecule has 110 valence electrons. The fourth-order valence-electron chi connectivity index (χ4n) is 2.38. The molecule has 0 aromatic carbocycles. The molecule has 1 aliphatic rings. The summed E-state index contributed by atoms with van der Waals surface area (Å²) in [6.07, 6.45) is 4.82. The third-order valence-corrected chi connectivity index (χ3v) is 3.46. The van der Waals surface area contributed by atoms with Crippen molar-refractivity contribution in [1.29, 1.82) is 0 Å². The first-order valence-corrected chi connectivity index (χ1v) is 6.76. The van der Waals surface area contributed by atoms with E-state index < -0.39 is 5.97 Å². The van der Waals surface area contributed by atoms with Crippen molar-refractivity contribution in [3.05, 3.63) is 12.2 Å². The summed E-state index contributed by atoms with van der Waals surface area (Å²) < 4.78 is 0. The number of H-pyrrole nitrogens is 1. The molecule has 1 heterocycles. The summed E-state index contributed by atoms with van der Waals surface area (Å²) in [5.41, 5.74) is 0. The Kier molecular flexibility index (Phi) is 4.91. The summed E-state index contributed by atoms with van der Waals surface area (Å²) in [6.45, 7) is 0.543. The molecule has 2 rings (SSSR count). The average Bonchev–Trinajstić information content (AvgIpc) is 3.05. The highest BCUT2D eigenvalue weighted by atomic mass is 16.4. The summed E-state index contributed by atoms with van der Waals surface area (Å²) >= 11 is 0. The Labute approximate surface area is 116 Å². The number of nitrogens with zero attached hydrogens (tertiary/aromatic N) is 2. The van der Waals surface area contributed by atoms with Crippen LogP contribution in [0, 0.1) is 5.92 Å². The number of hydrogen-bond acceptors (Lipinski definition) is 4. The Morgan fingerprint density at radius 2 is 2.30 bits per heavy atom. The topological polar surface area (TPSA) is 120 Å². The van der Waals surface area contributed by atoms with Gasteiger partial charge in [-0.15, -0.1) is 0 Å².